The van der Waals surface area contributed by atoms with Crippen LogP contribution in [-0.2, 0) is 9.59 Å². The highest BCUT2D eigenvalue weighted by Crippen LogP contribution is 2.44. The first-order chi connectivity index (χ1) is 11.4. The summed E-state index contributed by atoms with van der Waals surface area (Å²) in [5.41, 5.74) is 0.900. The molecule has 0 spiro atoms. The summed E-state index contributed by atoms with van der Waals surface area (Å²) in [7, 11) is 0. The van der Waals surface area contributed by atoms with Crippen LogP contribution < -0.4 is 5.32 Å². The number of carbonyl (C=O) groups is 2. The maximum absolute atomic E-state index is 12.4. The highest BCUT2D eigenvalue weighted by atomic mass is 35.5. The minimum absolute atomic E-state index is 0.0576. The molecule has 3 nitrogen and oxygen atoms in total. The van der Waals surface area contributed by atoms with Crippen molar-refractivity contribution in [1.82, 2.24) is 5.32 Å². The van der Waals surface area contributed by atoms with Gasteiger partial charge in [0.05, 0.1) is 6.04 Å². The Bertz CT molecular complexity index is 775. The SMILES string of the molecule is CC1(C=O)CC(c2cccc(Cl)c2)C(c2ccc(Cl)cc2)NC1=O. The largest absolute Gasteiger partial charge is 0.348 e. The van der Waals surface area contributed by atoms with Crippen LogP contribution in [0.1, 0.15) is 36.4 Å². The minimum atomic E-state index is -1.05. The predicted octanol–water partition coefficient (Wildman–Crippen LogP) is 4.54. The summed E-state index contributed by atoms with van der Waals surface area (Å²) in [6.07, 6.45) is 1.16. The van der Waals surface area contributed by atoms with E-state index in [1.807, 2.05) is 36.4 Å². The zero-order valence-electron chi connectivity index (χ0n) is 13.1. The van der Waals surface area contributed by atoms with Crippen molar-refractivity contribution < 1.29 is 9.59 Å². The Hall–Kier alpha value is -1.84. The lowest BCUT2D eigenvalue weighted by Gasteiger charge is -2.40. The van der Waals surface area contributed by atoms with E-state index in [-0.39, 0.29) is 17.9 Å². The van der Waals surface area contributed by atoms with Crippen molar-refractivity contribution >= 4 is 35.4 Å². The molecule has 1 amide bonds. The molecule has 1 N–H and O–H groups in total. The summed E-state index contributed by atoms with van der Waals surface area (Å²) in [5, 5.41) is 4.27. The molecule has 1 aliphatic rings. The van der Waals surface area contributed by atoms with Gasteiger partial charge in [-0.15, -0.1) is 0 Å². The highest BCUT2D eigenvalue weighted by molar-refractivity contribution is 6.30. The van der Waals surface area contributed by atoms with Crippen LogP contribution in [0.4, 0.5) is 0 Å². The van der Waals surface area contributed by atoms with E-state index in [2.05, 4.69) is 5.32 Å². The molecule has 1 heterocycles. The lowest BCUT2D eigenvalue weighted by atomic mass is 9.71. The highest BCUT2D eigenvalue weighted by Gasteiger charge is 2.45. The van der Waals surface area contributed by atoms with Gasteiger partial charge in [-0.1, -0.05) is 47.5 Å². The van der Waals surface area contributed by atoms with Crippen LogP contribution in [0.25, 0.3) is 0 Å². The van der Waals surface area contributed by atoms with Crippen molar-refractivity contribution in [1.29, 1.82) is 0 Å². The Morgan fingerprint density at radius 1 is 1.08 bits per heavy atom. The monoisotopic (exact) mass is 361 g/mol. The van der Waals surface area contributed by atoms with Gasteiger partial charge in [0, 0.05) is 16.0 Å². The smallest absolute Gasteiger partial charge is 0.233 e. The Morgan fingerprint density at radius 2 is 1.79 bits per heavy atom. The second kappa shape index (κ2) is 6.58. The predicted molar refractivity (Wildman–Crippen MR) is 95.3 cm³/mol. The summed E-state index contributed by atoms with van der Waals surface area (Å²) in [5.74, 6) is -0.312. The fourth-order valence-corrected chi connectivity index (χ4v) is 3.53. The van der Waals surface area contributed by atoms with Crippen molar-refractivity contribution in [3.05, 3.63) is 69.7 Å². The number of benzene rings is 2. The lowest BCUT2D eigenvalue weighted by Crippen LogP contribution is -2.49. The number of halogens is 2. The number of rotatable bonds is 3. The third-order valence-electron chi connectivity index (χ3n) is 4.62. The number of nitrogens with one attached hydrogen (secondary N) is 1. The molecule has 2 aromatic rings. The molecule has 3 rings (SSSR count). The molecule has 3 unspecified atom stereocenters. The maximum atomic E-state index is 12.4. The molecule has 0 aromatic heterocycles. The molecule has 2 aromatic carbocycles. The van der Waals surface area contributed by atoms with Crippen LogP contribution in [0, 0.1) is 5.41 Å². The van der Waals surface area contributed by atoms with Crippen molar-refractivity contribution in [2.45, 2.75) is 25.3 Å². The van der Waals surface area contributed by atoms with E-state index >= 15 is 0 Å². The molecule has 1 fully saturated rings. The van der Waals surface area contributed by atoms with Crippen LogP contribution in [0.3, 0.4) is 0 Å². The molecule has 1 aliphatic heterocycles. The van der Waals surface area contributed by atoms with Crippen molar-refractivity contribution in [3.63, 3.8) is 0 Å². The van der Waals surface area contributed by atoms with E-state index in [0.717, 1.165) is 17.4 Å². The fraction of sp³-hybridized carbons (Fsp3) is 0.263. The number of hydrogen-bond acceptors (Lipinski definition) is 2. The standard InChI is InChI=1S/C19H17Cl2NO2/c1-19(11-23)10-16(13-3-2-4-15(21)9-13)17(22-18(19)24)12-5-7-14(20)8-6-12/h2-9,11,16-17H,10H2,1H3,(H,22,24). The Morgan fingerprint density at radius 3 is 2.42 bits per heavy atom. The average molecular weight is 362 g/mol. The molecule has 24 heavy (non-hydrogen) atoms. The summed E-state index contributed by atoms with van der Waals surface area (Å²) in [6, 6.07) is 14.7. The second-order valence-electron chi connectivity index (χ2n) is 6.40. The number of piperidine rings is 1. The van der Waals surface area contributed by atoms with Gasteiger partial charge >= 0.3 is 0 Å². The maximum Gasteiger partial charge on any atom is 0.233 e. The third kappa shape index (κ3) is 3.19. The van der Waals surface area contributed by atoms with Gasteiger partial charge in [0.2, 0.25) is 5.91 Å². The summed E-state index contributed by atoms with van der Waals surface area (Å²) >= 11 is 12.1. The molecule has 0 radical (unpaired) electrons. The summed E-state index contributed by atoms with van der Waals surface area (Å²) < 4.78 is 0. The van der Waals surface area contributed by atoms with E-state index in [1.165, 1.54) is 0 Å². The average Bonchev–Trinajstić information content (AvgIpc) is 2.58. The molecule has 0 bridgehead atoms. The van der Waals surface area contributed by atoms with E-state index in [0.29, 0.717) is 16.5 Å². The van der Waals surface area contributed by atoms with Gasteiger partial charge in [-0.05, 0) is 48.7 Å². The first-order valence-electron chi connectivity index (χ1n) is 7.71. The van der Waals surface area contributed by atoms with E-state index < -0.39 is 5.41 Å². The lowest BCUT2D eigenvalue weighted by molar-refractivity contribution is -0.139. The summed E-state index contributed by atoms with van der Waals surface area (Å²) in [6.45, 7) is 1.67. The fourth-order valence-electron chi connectivity index (χ4n) is 3.21. The number of amides is 1. The Labute approximate surface area is 151 Å². The molecule has 124 valence electrons. The normalized spacial score (nSPS) is 26.7. The second-order valence-corrected chi connectivity index (χ2v) is 7.28. The molecule has 5 heteroatoms. The van der Waals surface area contributed by atoms with Gasteiger partial charge in [0.1, 0.15) is 11.7 Å². The zero-order chi connectivity index (χ0) is 17.3. The van der Waals surface area contributed by atoms with Gasteiger partial charge in [-0.2, -0.15) is 0 Å². The van der Waals surface area contributed by atoms with Crippen molar-refractivity contribution in [3.8, 4) is 0 Å². The molecule has 1 saturated heterocycles. The van der Waals surface area contributed by atoms with Gasteiger partial charge in [0.25, 0.3) is 0 Å². The van der Waals surface area contributed by atoms with E-state index in [9.17, 15) is 9.59 Å². The van der Waals surface area contributed by atoms with Gasteiger partial charge in [-0.25, -0.2) is 0 Å². The summed E-state index contributed by atoms with van der Waals surface area (Å²) in [4.78, 5) is 24.0. The molecule has 3 atom stereocenters. The third-order valence-corrected chi connectivity index (χ3v) is 5.10. The molecule has 0 aliphatic carbocycles. The first kappa shape index (κ1) is 17.0. The van der Waals surface area contributed by atoms with Gasteiger partial charge < -0.3 is 10.1 Å². The van der Waals surface area contributed by atoms with E-state index in [4.69, 9.17) is 23.2 Å². The Balaban J connectivity index is 2.05. The van der Waals surface area contributed by atoms with E-state index in [1.54, 1.807) is 19.1 Å². The van der Waals surface area contributed by atoms with Crippen LogP contribution >= 0.6 is 23.2 Å². The van der Waals surface area contributed by atoms with Gasteiger partial charge in [-0.3, -0.25) is 4.79 Å². The number of carbonyl (C=O) groups excluding carboxylic acids is 2. The quantitative estimate of drug-likeness (QED) is 0.644. The van der Waals surface area contributed by atoms with Crippen LogP contribution in [0.2, 0.25) is 10.0 Å². The van der Waals surface area contributed by atoms with Crippen molar-refractivity contribution in [2.75, 3.05) is 0 Å². The molecular formula is C19H17Cl2NO2. The van der Waals surface area contributed by atoms with Crippen LogP contribution in [0.5, 0.6) is 0 Å². The topological polar surface area (TPSA) is 46.2 Å². The van der Waals surface area contributed by atoms with Crippen LogP contribution in [-0.4, -0.2) is 12.2 Å². The Kier molecular flexibility index (Phi) is 4.66. The van der Waals surface area contributed by atoms with Gasteiger partial charge in [0.15, 0.2) is 0 Å². The molecule has 0 saturated carbocycles. The first-order valence-corrected chi connectivity index (χ1v) is 8.47. The number of hydrogen-bond donors (Lipinski definition) is 1. The number of aldehydes is 1. The van der Waals surface area contributed by atoms with Crippen molar-refractivity contribution in [2.24, 2.45) is 5.41 Å². The minimum Gasteiger partial charge on any atom is -0.348 e. The van der Waals surface area contributed by atoms with Crippen LogP contribution in [0.15, 0.2) is 48.5 Å². The molecular weight excluding hydrogens is 345 g/mol. The zero-order valence-corrected chi connectivity index (χ0v) is 14.6.